The normalized spacial score (nSPS) is 16.8. The quantitative estimate of drug-likeness (QED) is 0.842. The highest BCUT2D eigenvalue weighted by atomic mass is 16.3. The molecule has 3 rings (SSSR count). The van der Waals surface area contributed by atoms with Crippen LogP contribution in [0.4, 0.5) is 0 Å². The fraction of sp³-hybridized carbons (Fsp3) is 0.500. The molecule has 0 bridgehead atoms. The molecular weight excluding hydrogens is 318 g/mol. The lowest BCUT2D eigenvalue weighted by molar-refractivity contribution is 0.0524. The maximum absolute atomic E-state index is 12.6. The minimum absolute atomic E-state index is 0.0722. The predicted molar refractivity (Wildman–Crippen MR) is 94.2 cm³/mol. The summed E-state index contributed by atoms with van der Waals surface area (Å²) in [6, 6.07) is 7.68. The molecule has 1 unspecified atom stereocenters. The molecule has 0 aliphatic carbocycles. The molecule has 2 aromatic rings. The van der Waals surface area contributed by atoms with Gasteiger partial charge in [0.25, 0.3) is 5.91 Å². The van der Waals surface area contributed by atoms with Crippen LogP contribution in [-0.2, 0) is 6.54 Å². The maximum Gasteiger partial charge on any atom is 0.253 e. The Kier molecular flexibility index (Phi) is 5.78. The summed E-state index contributed by atoms with van der Waals surface area (Å²) in [5.74, 6) is 0.0722. The van der Waals surface area contributed by atoms with E-state index < -0.39 is 0 Å². The second-order valence-corrected chi connectivity index (χ2v) is 6.44. The minimum atomic E-state index is -0.278. The summed E-state index contributed by atoms with van der Waals surface area (Å²) in [4.78, 5) is 20.7. The lowest BCUT2D eigenvalue weighted by Gasteiger charge is -2.35. The molecule has 1 aromatic heterocycles. The van der Waals surface area contributed by atoms with Gasteiger partial charge in [-0.15, -0.1) is 0 Å². The van der Waals surface area contributed by atoms with E-state index >= 15 is 0 Å². The van der Waals surface area contributed by atoms with E-state index in [0.29, 0.717) is 31.7 Å². The summed E-state index contributed by atoms with van der Waals surface area (Å²) in [7, 11) is 0. The number of carbonyl (C=O) groups excluding carboxylic acids is 1. The predicted octanol–water partition coefficient (Wildman–Crippen LogP) is 0.855. The van der Waals surface area contributed by atoms with Crippen LogP contribution in [0.1, 0.15) is 29.3 Å². The number of hydrogen-bond donors (Lipinski definition) is 1. The van der Waals surface area contributed by atoms with Crippen LogP contribution in [0.25, 0.3) is 0 Å². The van der Waals surface area contributed by atoms with Crippen molar-refractivity contribution in [3.05, 3.63) is 48.0 Å². The van der Waals surface area contributed by atoms with Gasteiger partial charge in [0.1, 0.15) is 12.7 Å². The van der Waals surface area contributed by atoms with Crippen molar-refractivity contribution in [2.45, 2.75) is 26.0 Å². The first kappa shape index (κ1) is 17.6. The fourth-order valence-electron chi connectivity index (χ4n) is 3.00. The molecule has 25 heavy (non-hydrogen) atoms. The van der Waals surface area contributed by atoms with Gasteiger partial charge in [-0.05, 0) is 24.1 Å². The highest BCUT2D eigenvalue weighted by molar-refractivity contribution is 5.94. The molecular formula is C18H25N5O2. The van der Waals surface area contributed by atoms with Crippen molar-refractivity contribution in [1.82, 2.24) is 24.6 Å². The van der Waals surface area contributed by atoms with E-state index in [9.17, 15) is 9.90 Å². The highest BCUT2D eigenvalue weighted by Crippen LogP contribution is 2.12. The highest BCUT2D eigenvalue weighted by Gasteiger charge is 2.23. The topological polar surface area (TPSA) is 74.5 Å². The number of aliphatic hydroxyl groups is 1. The average molecular weight is 343 g/mol. The van der Waals surface area contributed by atoms with E-state index in [2.05, 4.69) is 15.0 Å². The third-order valence-electron chi connectivity index (χ3n) is 4.61. The van der Waals surface area contributed by atoms with Gasteiger partial charge in [-0.25, -0.2) is 9.67 Å². The number of piperazine rings is 1. The number of hydrogen-bond acceptors (Lipinski definition) is 5. The van der Waals surface area contributed by atoms with Crippen LogP contribution in [0.2, 0.25) is 0 Å². The molecule has 1 saturated heterocycles. The number of amides is 1. The van der Waals surface area contributed by atoms with E-state index in [4.69, 9.17) is 0 Å². The van der Waals surface area contributed by atoms with Crippen LogP contribution in [0, 0.1) is 0 Å². The number of rotatable bonds is 6. The van der Waals surface area contributed by atoms with Crippen molar-refractivity contribution in [2.24, 2.45) is 0 Å². The molecule has 7 nitrogen and oxygen atoms in total. The molecule has 1 amide bonds. The van der Waals surface area contributed by atoms with Gasteiger partial charge in [-0.3, -0.25) is 9.69 Å². The van der Waals surface area contributed by atoms with Gasteiger partial charge in [0.2, 0.25) is 0 Å². The lowest BCUT2D eigenvalue weighted by atomic mass is 10.1. The van der Waals surface area contributed by atoms with E-state index in [1.54, 1.807) is 11.0 Å². The summed E-state index contributed by atoms with van der Waals surface area (Å²) in [5.41, 5.74) is 1.80. The fourth-order valence-corrected chi connectivity index (χ4v) is 3.00. The molecule has 1 N–H and O–H groups in total. The van der Waals surface area contributed by atoms with Crippen LogP contribution < -0.4 is 0 Å². The molecule has 2 heterocycles. The number of β-amino-alcohol motifs (C(OH)–C–C–N with tert-alkyl or cyclic N) is 1. The van der Waals surface area contributed by atoms with Crippen LogP contribution in [0.5, 0.6) is 0 Å². The van der Waals surface area contributed by atoms with Gasteiger partial charge < -0.3 is 10.0 Å². The molecule has 134 valence electrons. The monoisotopic (exact) mass is 343 g/mol. The van der Waals surface area contributed by atoms with Crippen LogP contribution in [0.3, 0.4) is 0 Å². The molecule has 0 saturated carbocycles. The van der Waals surface area contributed by atoms with Crippen molar-refractivity contribution >= 4 is 5.91 Å². The van der Waals surface area contributed by atoms with Crippen LogP contribution in [0.15, 0.2) is 36.9 Å². The molecule has 0 radical (unpaired) electrons. The SMILES string of the molecule is CCC(O)CN1CCN(C(=O)c2ccc(Cn3cncn3)cc2)CC1. The largest absolute Gasteiger partial charge is 0.392 e. The van der Waals surface area contributed by atoms with Gasteiger partial charge in [0, 0.05) is 38.3 Å². The average Bonchev–Trinajstić information content (AvgIpc) is 3.15. The third kappa shape index (κ3) is 4.64. The smallest absolute Gasteiger partial charge is 0.253 e. The number of aliphatic hydroxyl groups excluding tert-OH is 1. The van der Waals surface area contributed by atoms with Gasteiger partial charge >= 0.3 is 0 Å². The van der Waals surface area contributed by atoms with Crippen molar-refractivity contribution in [3.63, 3.8) is 0 Å². The third-order valence-corrected chi connectivity index (χ3v) is 4.61. The summed E-state index contributed by atoms with van der Waals surface area (Å²) >= 11 is 0. The van der Waals surface area contributed by atoms with Crippen molar-refractivity contribution < 1.29 is 9.90 Å². The molecule has 0 spiro atoms. The zero-order chi connectivity index (χ0) is 17.6. The maximum atomic E-state index is 12.6. The molecule has 1 aromatic carbocycles. The summed E-state index contributed by atoms with van der Waals surface area (Å²) in [6.07, 6.45) is 3.67. The van der Waals surface area contributed by atoms with Gasteiger partial charge in [-0.1, -0.05) is 19.1 Å². The first-order valence-electron chi connectivity index (χ1n) is 8.76. The summed E-state index contributed by atoms with van der Waals surface area (Å²) < 4.78 is 1.75. The first-order chi connectivity index (χ1) is 12.2. The van der Waals surface area contributed by atoms with Crippen molar-refractivity contribution in [3.8, 4) is 0 Å². The zero-order valence-corrected chi connectivity index (χ0v) is 14.6. The standard InChI is InChI=1S/C18H25N5O2/c1-2-17(24)12-21-7-9-22(10-8-21)18(25)16-5-3-15(4-6-16)11-23-14-19-13-20-23/h3-6,13-14,17,24H,2,7-12H2,1H3. The Morgan fingerprint density at radius 2 is 1.92 bits per heavy atom. The van der Waals surface area contributed by atoms with E-state index in [-0.39, 0.29) is 12.0 Å². The van der Waals surface area contributed by atoms with Crippen LogP contribution >= 0.6 is 0 Å². The van der Waals surface area contributed by atoms with E-state index in [0.717, 1.165) is 25.1 Å². The first-order valence-corrected chi connectivity index (χ1v) is 8.76. The Morgan fingerprint density at radius 1 is 1.20 bits per heavy atom. The van der Waals surface area contributed by atoms with Gasteiger partial charge in [-0.2, -0.15) is 5.10 Å². The summed E-state index contributed by atoms with van der Waals surface area (Å²) in [5, 5.41) is 13.8. The Bertz CT molecular complexity index is 663. The molecule has 1 fully saturated rings. The van der Waals surface area contributed by atoms with Gasteiger partial charge in [0.15, 0.2) is 0 Å². The number of carbonyl (C=O) groups is 1. The lowest BCUT2D eigenvalue weighted by Crippen LogP contribution is -2.50. The second-order valence-electron chi connectivity index (χ2n) is 6.44. The zero-order valence-electron chi connectivity index (χ0n) is 14.6. The van der Waals surface area contributed by atoms with Crippen LogP contribution in [-0.4, -0.2) is 74.4 Å². The number of aromatic nitrogens is 3. The van der Waals surface area contributed by atoms with E-state index in [1.165, 1.54) is 6.33 Å². The Hall–Kier alpha value is -2.25. The number of benzene rings is 1. The minimum Gasteiger partial charge on any atom is -0.392 e. The second kappa shape index (κ2) is 8.22. The van der Waals surface area contributed by atoms with E-state index in [1.807, 2.05) is 36.1 Å². The molecule has 1 aliphatic rings. The Labute approximate surface area is 147 Å². The molecule has 1 aliphatic heterocycles. The van der Waals surface area contributed by atoms with Crippen molar-refractivity contribution in [2.75, 3.05) is 32.7 Å². The summed E-state index contributed by atoms with van der Waals surface area (Å²) in [6.45, 7) is 6.35. The van der Waals surface area contributed by atoms with Gasteiger partial charge in [0.05, 0.1) is 12.6 Å². The Balaban J connectivity index is 1.53. The molecule has 1 atom stereocenters. The van der Waals surface area contributed by atoms with Crippen molar-refractivity contribution in [1.29, 1.82) is 0 Å². The number of nitrogens with zero attached hydrogens (tertiary/aromatic N) is 5. The Morgan fingerprint density at radius 3 is 2.52 bits per heavy atom. The molecule has 7 heteroatoms.